The number of nitro benzene ring substituents is 1. The van der Waals surface area contributed by atoms with E-state index in [0.717, 1.165) is 35.2 Å². The average molecular weight is 537 g/mol. The number of nitrogens with one attached hydrogen (secondary N) is 2. The Morgan fingerprint density at radius 3 is 2.52 bits per heavy atom. The lowest BCUT2D eigenvalue weighted by molar-refractivity contribution is -0.384. The van der Waals surface area contributed by atoms with Crippen LogP contribution in [0.2, 0.25) is 0 Å². The maximum absolute atomic E-state index is 11.5. The number of imidazole rings is 1. The number of carbonyl (C=O) groups excluding carboxylic acids is 1. The number of nitro groups is 1. The Morgan fingerprint density at radius 2 is 1.88 bits per heavy atom. The lowest BCUT2D eigenvalue weighted by Crippen LogP contribution is -2.21. The van der Waals surface area contributed by atoms with Gasteiger partial charge < -0.3 is 20.0 Å². The predicted octanol–water partition coefficient (Wildman–Crippen LogP) is 5.42. The van der Waals surface area contributed by atoms with Gasteiger partial charge in [0.1, 0.15) is 0 Å². The molecule has 3 aromatic carbocycles. The van der Waals surface area contributed by atoms with Crippen LogP contribution in [0.5, 0.6) is 5.88 Å². The molecule has 202 valence electrons. The molecule has 2 aromatic heterocycles. The summed E-state index contributed by atoms with van der Waals surface area (Å²) in [5.74, 6) is -0.179. The zero-order chi connectivity index (χ0) is 28.2. The van der Waals surface area contributed by atoms with Crippen LogP contribution in [0.25, 0.3) is 22.2 Å². The molecule has 0 saturated carbocycles. The molecule has 40 heavy (non-hydrogen) atoms. The van der Waals surface area contributed by atoms with E-state index in [1.165, 1.54) is 19.1 Å². The normalized spacial score (nSPS) is 11.6. The number of fused-ring (bicyclic) bond motifs is 1. The Bertz CT molecular complexity index is 1720. The number of carbonyl (C=O) groups is 1. The molecular formula is C30H28N6O4. The van der Waals surface area contributed by atoms with Crippen molar-refractivity contribution in [1.82, 2.24) is 19.9 Å². The smallest absolute Gasteiger partial charge is 0.270 e. The first kappa shape index (κ1) is 26.4. The standard InChI is InChI=1S/C30H28N6O4/c1-19(37)31-15-3-4-20-5-7-22(8-6-20)29(28-25-16-24(36(39)40)13-14-26(25)34-30(28)38)33-23-11-9-21(10-12-23)27-17-35(2)18-32-27/h5-14,16-18,34,38H,3-4,15H2,1-2H3,(H,31,37). The van der Waals surface area contributed by atoms with Crippen LogP contribution in [0.15, 0.2) is 84.2 Å². The second kappa shape index (κ2) is 11.2. The van der Waals surface area contributed by atoms with Crippen molar-refractivity contribution in [3.05, 3.63) is 106 Å². The zero-order valence-electron chi connectivity index (χ0n) is 22.1. The van der Waals surface area contributed by atoms with Crippen LogP contribution in [-0.4, -0.2) is 42.7 Å². The third kappa shape index (κ3) is 5.75. The lowest BCUT2D eigenvalue weighted by Gasteiger charge is -2.10. The van der Waals surface area contributed by atoms with Gasteiger partial charge >= 0.3 is 0 Å². The van der Waals surface area contributed by atoms with E-state index in [1.54, 1.807) is 12.4 Å². The number of non-ortho nitro benzene ring substituents is 1. The number of aromatic nitrogens is 3. The number of amides is 1. The van der Waals surface area contributed by atoms with Crippen LogP contribution >= 0.6 is 0 Å². The Kier molecular flexibility index (Phi) is 7.41. The number of hydrogen-bond acceptors (Lipinski definition) is 6. The Labute approximate surface area is 230 Å². The number of hydrogen-bond donors (Lipinski definition) is 3. The van der Waals surface area contributed by atoms with E-state index in [2.05, 4.69) is 15.3 Å². The number of rotatable bonds is 9. The number of aryl methyl sites for hydroxylation is 2. The minimum absolute atomic E-state index is 0.0527. The first-order valence-corrected chi connectivity index (χ1v) is 12.8. The molecule has 3 N–H and O–H groups in total. The van der Waals surface area contributed by atoms with Crippen LogP contribution < -0.4 is 5.32 Å². The molecule has 0 unspecified atom stereocenters. The van der Waals surface area contributed by atoms with Crippen molar-refractivity contribution >= 4 is 33.9 Å². The van der Waals surface area contributed by atoms with Gasteiger partial charge in [-0.3, -0.25) is 14.9 Å². The highest BCUT2D eigenvalue weighted by molar-refractivity contribution is 6.22. The molecule has 0 aliphatic carbocycles. The van der Waals surface area contributed by atoms with Crippen LogP contribution in [0.1, 0.15) is 30.0 Å². The number of benzene rings is 3. The summed E-state index contributed by atoms with van der Waals surface area (Å²) in [4.78, 5) is 34.4. The highest BCUT2D eigenvalue weighted by Gasteiger charge is 2.21. The molecule has 2 heterocycles. The largest absolute Gasteiger partial charge is 0.494 e. The van der Waals surface area contributed by atoms with Gasteiger partial charge in [-0.1, -0.05) is 36.4 Å². The van der Waals surface area contributed by atoms with E-state index >= 15 is 0 Å². The lowest BCUT2D eigenvalue weighted by atomic mass is 9.98. The van der Waals surface area contributed by atoms with Crippen LogP contribution in [0.3, 0.4) is 0 Å². The highest BCUT2D eigenvalue weighted by Crippen LogP contribution is 2.34. The Morgan fingerprint density at radius 1 is 1.12 bits per heavy atom. The van der Waals surface area contributed by atoms with E-state index in [4.69, 9.17) is 4.99 Å². The van der Waals surface area contributed by atoms with E-state index in [9.17, 15) is 20.0 Å². The molecule has 0 aliphatic rings. The second-order valence-corrected chi connectivity index (χ2v) is 9.55. The van der Waals surface area contributed by atoms with Gasteiger partial charge in [-0.25, -0.2) is 9.98 Å². The van der Waals surface area contributed by atoms with Gasteiger partial charge in [0.15, 0.2) is 5.88 Å². The van der Waals surface area contributed by atoms with E-state index in [-0.39, 0.29) is 17.5 Å². The fourth-order valence-corrected chi connectivity index (χ4v) is 4.57. The predicted molar refractivity (Wildman–Crippen MR) is 154 cm³/mol. The molecule has 0 atom stereocenters. The van der Waals surface area contributed by atoms with Gasteiger partial charge in [-0.2, -0.15) is 0 Å². The quantitative estimate of drug-likeness (QED) is 0.0999. The van der Waals surface area contributed by atoms with E-state index in [1.807, 2.05) is 66.3 Å². The van der Waals surface area contributed by atoms with Gasteiger partial charge in [0.05, 0.1) is 33.9 Å². The summed E-state index contributed by atoms with van der Waals surface area (Å²) in [5, 5.41) is 25.8. The number of aromatic hydroxyl groups is 1. The molecular weight excluding hydrogens is 508 g/mol. The Balaban J connectivity index is 1.55. The maximum Gasteiger partial charge on any atom is 0.270 e. The molecule has 1 amide bonds. The minimum Gasteiger partial charge on any atom is -0.494 e. The number of nitrogens with zero attached hydrogens (tertiary/aromatic N) is 4. The zero-order valence-corrected chi connectivity index (χ0v) is 22.1. The fourth-order valence-electron chi connectivity index (χ4n) is 4.57. The number of aliphatic imine (C=N–C) groups is 1. The summed E-state index contributed by atoms with van der Waals surface area (Å²) in [5.41, 5.74) is 5.59. The number of H-pyrrole nitrogens is 1. The van der Waals surface area contributed by atoms with Crippen molar-refractivity contribution in [3.63, 3.8) is 0 Å². The molecule has 0 fully saturated rings. The summed E-state index contributed by atoms with van der Waals surface area (Å²) < 4.78 is 1.88. The third-order valence-electron chi connectivity index (χ3n) is 6.56. The molecule has 5 rings (SSSR count). The van der Waals surface area contributed by atoms with Gasteiger partial charge in [-0.05, 0) is 36.6 Å². The van der Waals surface area contributed by atoms with Crippen molar-refractivity contribution in [1.29, 1.82) is 0 Å². The first-order valence-electron chi connectivity index (χ1n) is 12.8. The second-order valence-electron chi connectivity index (χ2n) is 9.55. The van der Waals surface area contributed by atoms with Crippen molar-refractivity contribution < 1.29 is 14.8 Å². The molecule has 0 saturated heterocycles. The van der Waals surface area contributed by atoms with Gasteiger partial charge in [0, 0.05) is 60.9 Å². The Hall–Kier alpha value is -5.25. The third-order valence-corrected chi connectivity index (χ3v) is 6.56. The van der Waals surface area contributed by atoms with Crippen molar-refractivity contribution in [2.45, 2.75) is 19.8 Å². The molecule has 10 heteroatoms. The first-order chi connectivity index (χ1) is 19.3. The summed E-state index contributed by atoms with van der Waals surface area (Å²) in [6.45, 7) is 2.09. The maximum atomic E-state index is 11.5. The van der Waals surface area contributed by atoms with Gasteiger partial charge in [0.25, 0.3) is 5.69 Å². The molecule has 0 spiro atoms. The topological polar surface area (TPSA) is 138 Å². The van der Waals surface area contributed by atoms with Crippen LogP contribution in [0, 0.1) is 10.1 Å². The molecule has 0 bridgehead atoms. The van der Waals surface area contributed by atoms with Crippen LogP contribution in [0.4, 0.5) is 11.4 Å². The summed E-state index contributed by atoms with van der Waals surface area (Å²) in [6, 6.07) is 19.8. The van der Waals surface area contributed by atoms with Gasteiger partial charge in [0.2, 0.25) is 5.91 Å². The summed E-state index contributed by atoms with van der Waals surface area (Å²) >= 11 is 0. The fraction of sp³-hybridized carbons (Fsp3) is 0.167. The van der Waals surface area contributed by atoms with Crippen molar-refractivity contribution in [3.8, 4) is 17.1 Å². The summed E-state index contributed by atoms with van der Waals surface area (Å²) in [7, 11) is 1.91. The van der Waals surface area contributed by atoms with Crippen molar-refractivity contribution in [2.75, 3.05) is 6.54 Å². The monoisotopic (exact) mass is 536 g/mol. The van der Waals surface area contributed by atoms with E-state index < -0.39 is 4.92 Å². The molecule has 10 nitrogen and oxygen atoms in total. The average Bonchev–Trinajstić information content (AvgIpc) is 3.52. The molecule has 0 aliphatic heterocycles. The van der Waals surface area contributed by atoms with E-state index in [0.29, 0.717) is 34.4 Å². The number of aromatic amines is 1. The SMILES string of the molecule is CC(=O)NCCCc1ccc(C(=Nc2ccc(-c3cn(C)cn3)cc2)c2c(O)[nH]c3ccc([N+](=O)[O-])cc23)cc1. The highest BCUT2D eigenvalue weighted by atomic mass is 16.6. The minimum atomic E-state index is -0.462. The summed E-state index contributed by atoms with van der Waals surface area (Å²) in [6.07, 6.45) is 5.25. The van der Waals surface area contributed by atoms with Crippen LogP contribution in [-0.2, 0) is 18.3 Å². The van der Waals surface area contributed by atoms with Gasteiger partial charge in [-0.15, -0.1) is 0 Å². The van der Waals surface area contributed by atoms with Crippen molar-refractivity contribution in [2.24, 2.45) is 12.0 Å². The molecule has 5 aromatic rings. The molecule has 0 radical (unpaired) electrons.